The number of aromatic nitrogens is 3. The molecule has 17 heavy (non-hydrogen) atoms. The van der Waals surface area contributed by atoms with Crippen LogP contribution in [0, 0.1) is 0 Å². The average molecular weight is 237 g/mol. The van der Waals surface area contributed by atoms with Crippen molar-refractivity contribution in [1.82, 2.24) is 15.0 Å². The molecule has 1 unspecified atom stereocenters. The van der Waals surface area contributed by atoms with Gasteiger partial charge in [-0.25, -0.2) is 0 Å². The average Bonchev–Trinajstić information content (AvgIpc) is 2.83. The van der Waals surface area contributed by atoms with Crippen LogP contribution in [0.4, 0.5) is 0 Å². The zero-order valence-corrected chi connectivity index (χ0v) is 11.9. The van der Waals surface area contributed by atoms with Crippen LogP contribution >= 0.6 is 0 Å². The fourth-order valence-corrected chi connectivity index (χ4v) is 2.16. The summed E-state index contributed by atoms with van der Waals surface area (Å²) in [5, 5.41) is 8.50. The van der Waals surface area contributed by atoms with Crippen LogP contribution in [-0.2, 0) is 12.0 Å². The van der Waals surface area contributed by atoms with Gasteiger partial charge in [-0.3, -0.25) is 4.68 Å². The van der Waals surface area contributed by atoms with Gasteiger partial charge in [0.2, 0.25) is 0 Å². The minimum Gasteiger partial charge on any atom is -0.253 e. The fourth-order valence-electron chi connectivity index (χ4n) is 2.16. The minimum atomic E-state index is 0.209. The van der Waals surface area contributed by atoms with Gasteiger partial charge in [-0.05, 0) is 19.8 Å². The molecule has 0 radical (unpaired) electrons. The highest BCUT2D eigenvalue weighted by Gasteiger charge is 2.27. The summed E-state index contributed by atoms with van der Waals surface area (Å²) in [6.45, 7) is 9.84. The van der Waals surface area contributed by atoms with Crippen LogP contribution in [0.2, 0.25) is 0 Å². The highest BCUT2D eigenvalue weighted by atomic mass is 15.4. The molecule has 1 aromatic rings. The molecule has 3 heteroatoms. The van der Waals surface area contributed by atoms with E-state index in [2.05, 4.69) is 44.2 Å². The van der Waals surface area contributed by atoms with Gasteiger partial charge in [0.15, 0.2) is 0 Å². The van der Waals surface area contributed by atoms with E-state index >= 15 is 0 Å². The predicted octanol–water partition coefficient (Wildman–Crippen LogP) is 3.94. The molecule has 1 heterocycles. The van der Waals surface area contributed by atoms with E-state index in [1.54, 1.807) is 0 Å². The topological polar surface area (TPSA) is 30.7 Å². The fraction of sp³-hybridized carbons (Fsp3) is 0.857. The maximum Gasteiger partial charge on any atom is 0.0885 e. The second-order valence-corrected chi connectivity index (χ2v) is 5.18. The molecule has 0 aliphatic rings. The van der Waals surface area contributed by atoms with Gasteiger partial charge in [-0.1, -0.05) is 51.7 Å². The Morgan fingerprint density at radius 1 is 1.18 bits per heavy atom. The van der Waals surface area contributed by atoms with Gasteiger partial charge in [0.1, 0.15) is 0 Å². The molecule has 1 rings (SSSR count). The van der Waals surface area contributed by atoms with Crippen molar-refractivity contribution in [3.05, 3.63) is 11.9 Å². The molecule has 1 aromatic heterocycles. The van der Waals surface area contributed by atoms with E-state index in [0.717, 1.165) is 13.0 Å². The molecular weight excluding hydrogens is 210 g/mol. The minimum absolute atomic E-state index is 0.209. The Hall–Kier alpha value is -0.860. The first-order chi connectivity index (χ1) is 8.16. The van der Waals surface area contributed by atoms with E-state index < -0.39 is 0 Å². The van der Waals surface area contributed by atoms with Gasteiger partial charge in [0.05, 0.1) is 5.69 Å². The summed E-state index contributed by atoms with van der Waals surface area (Å²) >= 11 is 0. The summed E-state index contributed by atoms with van der Waals surface area (Å²) < 4.78 is 1.93. The van der Waals surface area contributed by atoms with Crippen LogP contribution in [0.25, 0.3) is 0 Å². The van der Waals surface area contributed by atoms with E-state index in [-0.39, 0.29) is 5.41 Å². The molecule has 0 bridgehead atoms. The number of hydrogen-bond acceptors (Lipinski definition) is 2. The van der Waals surface area contributed by atoms with Crippen molar-refractivity contribution in [2.75, 3.05) is 0 Å². The highest BCUT2D eigenvalue weighted by molar-refractivity contribution is 5.10. The highest BCUT2D eigenvalue weighted by Crippen LogP contribution is 2.31. The van der Waals surface area contributed by atoms with Crippen LogP contribution in [-0.4, -0.2) is 15.0 Å². The maximum atomic E-state index is 4.34. The van der Waals surface area contributed by atoms with Crippen molar-refractivity contribution in [3.63, 3.8) is 0 Å². The molecule has 98 valence electrons. The van der Waals surface area contributed by atoms with E-state index in [4.69, 9.17) is 0 Å². The van der Waals surface area contributed by atoms with Crippen LogP contribution in [0.5, 0.6) is 0 Å². The van der Waals surface area contributed by atoms with Crippen LogP contribution in [0.1, 0.15) is 71.9 Å². The van der Waals surface area contributed by atoms with Crippen molar-refractivity contribution in [2.45, 2.75) is 78.2 Å². The van der Waals surface area contributed by atoms with Crippen LogP contribution < -0.4 is 0 Å². The standard InChI is InChI=1S/C14H27N3/c1-5-8-9-10-11-14(4,6-2)13-12-17(7-3)16-15-13/h12H,5-11H2,1-4H3. The van der Waals surface area contributed by atoms with Gasteiger partial charge in [0, 0.05) is 18.2 Å². The van der Waals surface area contributed by atoms with E-state index in [0.29, 0.717) is 0 Å². The maximum absolute atomic E-state index is 4.34. The third-order valence-corrected chi connectivity index (χ3v) is 3.84. The Kier molecular flexibility index (Phi) is 5.66. The van der Waals surface area contributed by atoms with Crippen molar-refractivity contribution in [3.8, 4) is 0 Å². The van der Waals surface area contributed by atoms with Crippen molar-refractivity contribution >= 4 is 0 Å². The monoisotopic (exact) mass is 237 g/mol. The quantitative estimate of drug-likeness (QED) is 0.641. The number of rotatable bonds is 8. The molecule has 0 fully saturated rings. The molecular formula is C14H27N3. The third kappa shape index (κ3) is 3.83. The van der Waals surface area contributed by atoms with Crippen molar-refractivity contribution in [1.29, 1.82) is 0 Å². The Labute approximate surface area is 106 Å². The third-order valence-electron chi connectivity index (χ3n) is 3.84. The van der Waals surface area contributed by atoms with Crippen molar-refractivity contribution in [2.24, 2.45) is 0 Å². The molecule has 0 saturated carbocycles. The Morgan fingerprint density at radius 3 is 2.47 bits per heavy atom. The Balaban J connectivity index is 2.60. The molecule has 0 saturated heterocycles. The van der Waals surface area contributed by atoms with Crippen molar-refractivity contribution < 1.29 is 0 Å². The van der Waals surface area contributed by atoms with Gasteiger partial charge in [-0.2, -0.15) is 0 Å². The SMILES string of the molecule is CCCCCCC(C)(CC)c1cn(CC)nn1. The Morgan fingerprint density at radius 2 is 1.94 bits per heavy atom. The van der Waals surface area contributed by atoms with E-state index in [1.165, 1.54) is 37.8 Å². The van der Waals surface area contributed by atoms with E-state index in [1.807, 2.05) is 4.68 Å². The lowest BCUT2D eigenvalue weighted by Gasteiger charge is -2.25. The van der Waals surface area contributed by atoms with E-state index in [9.17, 15) is 0 Å². The zero-order chi connectivity index (χ0) is 12.7. The predicted molar refractivity (Wildman–Crippen MR) is 72.1 cm³/mol. The van der Waals surface area contributed by atoms with Gasteiger partial charge < -0.3 is 0 Å². The number of unbranched alkanes of at least 4 members (excludes halogenated alkanes) is 3. The molecule has 0 aliphatic heterocycles. The first kappa shape index (κ1) is 14.2. The normalized spacial score (nSPS) is 14.8. The number of hydrogen-bond donors (Lipinski definition) is 0. The molecule has 0 amide bonds. The summed E-state index contributed by atoms with van der Waals surface area (Å²) in [4.78, 5) is 0. The number of nitrogens with zero attached hydrogens (tertiary/aromatic N) is 3. The summed E-state index contributed by atoms with van der Waals surface area (Å²) in [6, 6.07) is 0. The second kappa shape index (κ2) is 6.77. The molecule has 0 aliphatic carbocycles. The van der Waals surface area contributed by atoms with Gasteiger partial charge in [0.25, 0.3) is 0 Å². The summed E-state index contributed by atoms with van der Waals surface area (Å²) in [7, 11) is 0. The first-order valence-corrected chi connectivity index (χ1v) is 7.07. The lowest BCUT2D eigenvalue weighted by molar-refractivity contribution is 0.385. The van der Waals surface area contributed by atoms with Crippen LogP contribution in [0.15, 0.2) is 6.20 Å². The summed E-state index contributed by atoms with van der Waals surface area (Å²) in [5.74, 6) is 0. The lowest BCUT2D eigenvalue weighted by atomic mass is 9.79. The molecule has 0 spiro atoms. The number of aryl methyl sites for hydroxylation is 1. The summed E-state index contributed by atoms with van der Waals surface area (Å²) in [6.07, 6.45) is 9.78. The first-order valence-electron chi connectivity index (χ1n) is 7.07. The molecule has 3 nitrogen and oxygen atoms in total. The second-order valence-electron chi connectivity index (χ2n) is 5.18. The zero-order valence-electron chi connectivity index (χ0n) is 11.9. The molecule has 1 atom stereocenters. The molecule has 0 aromatic carbocycles. The van der Waals surface area contributed by atoms with Gasteiger partial charge >= 0.3 is 0 Å². The Bertz CT molecular complexity index is 319. The van der Waals surface area contributed by atoms with Gasteiger partial charge in [-0.15, -0.1) is 5.10 Å². The molecule has 0 N–H and O–H groups in total. The van der Waals surface area contributed by atoms with Crippen LogP contribution in [0.3, 0.4) is 0 Å². The smallest absolute Gasteiger partial charge is 0.0885 e. The largest absolute Gasteiger partial charge is 0.253 e. The lowest BCUT2D eigenvalue weighted by Crippen LogP contribution is -2.21. The summed E-state index contributed by atoms with van der Waals surface area (Å²) in [5.41, 5.74) is 1.37.